The van der Waals surface area contributed by atoms with Crippen molar-refractivity contribution in [2.45, 2.75) is 39.0 Å². The number of rotatable bonds is 8. The number of fused-ring (bicyclic) bond motifs is 1. The molecule has 2 aromatic rings. The molecular weight excluding hydrogens is 442 g/mol. The van der Waals surface area contributed by atoms with Gasteiger partial charge in [0, 0.05) is 41.7 Å². The van der Waals surface area contributed by atoms with Crippen molar-refractivity contribution in [3.05, 3.63) is 49.9 Å². The molecule has 6 nitrogen and oxygen atoms in total. The predicted octanol–water partition coefficient (Wildman–Crippen LogP) is 3.76. The summed E-state index contributed by atoms with van der Waals surface area (Å²) in [6, 6.07) is 5.05. The van der Waals surface area contributed by atoms with E-state index in [2.05, 4.69) is 40.1 Å². The van der Waals surface area contributed by atoms with Gasteiger partial charge in [0.05, 0.1) is 21.8 Å². The number of nitrogens with zero attached hydrogens (tertiary/aromatic N) is 2. The van der Waals surface area contributed by atoms with Gasteiger partial charge in [-0.2, -0.15) is 0 Å². The van der Waals surface area contributed by atoms with E-state index in [4.69, 9.17) is 0 Å². The zero-order valence-electron chi connectivity index (χ0n) is 15.8. The van der Waals surface area contributed by atoms with Crippen molar-refractivity contribution in [3.8, 4) is 0 Å². The molecule has 0 saturated heterocycles. The summed E-state index contributed by atoms with van der Waals surface area (Å²) in [6.07, 6.45) is 1.40. The van der Waals surface area contributed by atoms with E-state index in [1.54, 1.807) is 29.5 Å². The highest BCUT2D eigenvalue weighted by Gasteiger charge is 2.35. The third kappa shape index (κ3) is 4.67. The zero-order chi connectivity index (χ0) is 20.3. The maximum absolute atomic E-state index is 12.4. The number of hydrogen-bond donors (Lipinski definition) is 1. The lowest BCUT2D eigenvalue weighted by Gasteiger charge is -2.13. The molecule has 28 heavy (non-hydrogen) atoms. The Hall–Kier alpha value is -2.06. The average Bonchev–Trinajstić information content (AvgIpc) is 3.21. The molecule has 0 aliphatic carbocycles. The zero-order valence-corrected chi connectivity index (χ0v) is 18.2. The van der Waals surface area contributed by atoms with Crippen molar-refractivity contribution >= 4 is 45.0 Å². The summed E-state index contributed by atoms with van der Waals surface area (Å²) < 4.78 is 0.759. The Bertz CT molecular complexity index is 910. The second-order valence-electron chi connectivity index (χ2n) is 6.99. The number of aromatic nitrogens is 1. The van der Waals surface area contributed by atoms with E-state index < -0.39 is 0 Å². The summed E-state index contributed by atoms with van der Waals surface area (Å²) in [7, 11) is 0. The molecule has 8 heteroatoms. The second kappa shape index (κ2) is 8.96. The van der Waals surface area contributed by atoms with Gasteiger partial charge in [0.1, 0.15) is 0 Å². The quantitative estimate of drug-likeness (QED) is 0.604. The minimum Gasteiger partial charge on any atom is -0.356 e. The topological polar surface area (TPSA) is 79.4 Å². The third-order valence-electron chi connectivity index (χ3n) is 4.49. The van der Waals surface area contributed by atoms with Gasteiger partial charge in [-0.15, -0.1) is 11.3 Å². The van der Waals surface area contributed by atoms with Crippen molar-refractivity contribution in [2.75, 3.05) is 13.1 Å². The summed E-state index contributed by atoms with van der Waals surface area (Å²) in [5.74, 6) is -0.265. The maximum Gasteiger partial charge on any atom is 0.261 e. The van der Waals surface area contributed by atoms with E-state index >= 15 is 0 Å². The van der Waals surface area contributed by atoms with Crippen LogP contribution >= 0.6 is 27.3 Å². The number of benzene rings is 1. The lowest BCUT2D eigenvalue weighted by atomic mass is 10.1. The Labute approximate surface area is 176 Å². The van der Waals surface area contributed by atoms with Crippen LogP contribution in [0.15, 0.2) is 28.1 Å². The van der Waals surface area contributed by atoms with E-state index in [9.17, 15) is 14.4 Å². The number of amides is 3. The number of carbonyl (C=O) groups excluding carboxylic acids is 3. The lowest BCUT2D eigenvalue weighted by Crippen LogP contribution is -2.32. The molecule has 3 rings (SSSR count). The fraction of sp³-hybridized carbons (Fsp3) is 0.400. The van der Waals surface area contributed by atoms with Crippen molar-refractivity contribution in [2.24, 2.45) is 0 Å². The summed E-state index contributed by atoms with van der Waals surface area (Å²) in [5, 5.41) is 6.01. The fourth-order valence-corrected chi connectivity index (χ4v) is 4.22. The van der Waals surface area contributed by atoms with Crippen LogP contribution in [0.2, 0.25) is 0 Å². The molecule has 1 aromatic carbocycles. The predicted molar refractivity (Wildman–Crippen MR) is 112 cm³/mol. The molecule has 0 atom stereocenters. The first-order valence-electron chi connectivity index (χ1n) is 9.23. The van der Waals surface area contributed by atoms with Crippen LogP contribution in [0.4, 0.5) is 0 Å². The highest BCUT2D eigenvalue weighted by molar-refractivity contribution is 9.10. The van der Waals surface area contributed by atoms with Gasteiger partial charge in [0.15, 0.2) is 0 Å². The van der Waals surface area contributed by atoms with Gasteiger partial charge in [-0.25, -0.2) is 4.98 Å². The molecule has 148 valence electrons. The van der Waals surface area contributed by atoms with Gasteiger partial charge in [0.25, 0.3) is 11.8 Å². The number of carbonyl (C=O) groups is 3. The van der Waals surface area contributed by atoms with Gasteiger partial charge >= 0.3 is 0 Å². The number of imide groups is 1. The van der Waals surface area contributed by atoms with Crippen molar-refractivity contribution < 1.29 is 14.4 Å². The molecule has 0 radical (unpaired) electrons. The first-order valence-corrected chi connectivity index (χ1v) is 10.9. The van der Waals surface area contributed by atoms with Gasteiger partial charge < -0.3 is 5.32 Å². The van der Waals surface area contributed by atoms with E-state index in [0.717, 1.165) is 15.2 Å². The van der Waals surface area contributed by atoms with Crippen molar-refractivity contribution in [1.82, 2.24) is 15.2 Å². The minimum atomic E-state index is -0.300. The lowest BCUT2D eigenvalue weighted by molar-refractivity contribution is -0.121. The average molecular weight is 464 g/mol. The monoisotopic (exact) mass is 463 g/mol. The van der Waals surface area contributed by atoms with E-state index in [1.807, 2.05) is 5.38 Å². The van der Waals surface area contributed by atoms with Crippen molar-refractivity contribution in [3.63, 3.8) is 0 Å². The molecule has 0 fully saturated rings. The highest BCUT2D eigenvalue weighted by Crippen LogP contribution is 2.26. The van der Waals surface area contributed by atoms with E-state index in [-0.39, 0.29) is 30.7 Å². The smallest absolute Gasteiger partial charge is 0.261 e. The van der Waals surface area contributed by atoms with Crippen LogP contribution in [-0.4, -0.2) is 40.7 Å². The molecule has 1 aliphatic rings. The molecule has 1 N–H and O–H groups in total. The largest absolute Gasteiger partial charge is 0.356 e. The van der Waals surface area contributed by atoms with E-state index in [1.165, 1.54) is 4.90 Å². The molecule has 1 aliphatic heterocycles. The summed E-state index contributed by atoms with van der Waals surface area (Å²) >= 11 is 4.96. The van der Waals surface area contributed by atoms with Crippen LogP contribution in [0.3, 0.4) is 0 Å². The molecule has 0 spiro atoms. The van der Waals surface area contributed by atoms with Crippen LogP contribution < -0.4 is 5.32 Å². The number of halogens is 1. The summed E-state index contributed by atoms with van der Waals surface area (Å²) in [4.78, 5) is 42.5. The van der Waals surface area contributed by atoms with Crippen LogP contribution in [0.5, 0.6) is 0 Å². The molecular formula is C20H22BrN3O3S. The number of thiazole rings is 1. The molecule has 0 saturated carbocycles. The van der Waals surface area contributed by atoms with Crippen LogP contribution in [0.1, 0.15) is 64.0 Å². The Morgan fingerprint density at radius 3 is 2.71 bits per heavy atom. The second-order valence-corrected chi connectivity index (χ2v) is 8.79. The molecule has 1 aromatic heterocycles. The summed E-state index contributed by atoms with van der Waals surface area (Å²) in [6.45, 7) is 4.98. The van der Waals surface area contributed by atoms with Gasteiger partial charge in [-0.3, -0.25) is 19.3 Å². The fourth-order valence-electron chi connectivity index (χ4n) is 2.98. The molecule has 2 heterocycles. The first kappa shape index (κ1) is 20.7. The van der Waals surface area contributed by atoms with Crippen molar-refractivity contribution in [1.29, 1.82) is 0 Å². The molecule has 3 amide bonds. The SMILES string of the molecule is CC(C)c1nc(CCNC(=O)CCCN2C(=O)c3ccc(Br)cc3C2=O)cs1. The number of nitrogens with one attached hydrogen (secondary N) is 1. The normalized spacial score (nSPS) is 13.4. The molecule has 0 bridgehead atoms. The standard InChI is InChI=1S/C20H22BrN3O3S/c1-12(2)18-23-14(11-28-18)7-8-22-17(25)4-3-9-24-19(26)15-6-5-13(21)10-16(15)20(24)27/h5-6,10-12H,3-4,7-9H2,1-2H3,(H,22,25). The number of hydrogen-bond acceptors (Lipinski definition) is 5. The highest BCUT2D eigenvalue weighted by atomic mass is 79.9. The van der Waals surface area contributed by atoms with Crippen LogP contribution in [0.25, 0.3) is 0 Å². The van der Waals surface area contributed by atoms with Crippen LogP contribution in [0, 0.1) is 0 Å². The third-order valence-corrected chi connectivity index (χ3v) is 6.17. The summed E-state index contributed by atoms with van der Waals surface area (Å²) in [5.41, 5.74) is 1.82. The first-order chi connectivity index (χ1) is 13.4. The Kier molecular flexibility index (Phi) is 6.61. The van der Waals surface area contributed by atoms with Gasteiger partial charge in [-0.05, 0) is 24.6 Å². The maximum atomic E-state index is 12.4. The van der Waals surface area contributed by atoms with Gasteiger partial charge in [-0.1, -0.05) is 29.8 Å². The van der Waals surface area contributed by atoms with E-state index in [0.29, 0.717) is 36.4 Å². The molecule has 0 unspecified atom stereocenters. The Morgan fingerprint density at radius 2 is 2.00 bits per heavy atom. The Balaban J connectivity index is 1.41. The Morgan fingerprint density at radius 1 is 1.25 bits per heavy atom. The minimum absolute atomic E-state index is 0.0846. The van der Waals surface area contributed by atoms with Crippen LogP contribution in [-0.2, 0) is 11.2 Å². The van der Waals surface area contributed by atoms with Gasteiger partial charge in [0.2, 0.25) is 5.91 Å².